The van der Waals surface area contributed by atoms with E-state index in [4.69, 9.17) is 9.84 Å². The molecule has 102 valence electrons. The first-order valence-corrected chi connectivity index (χ1v) is 5.30. The number of hydrogen-bond acceptors (Lipinski definition) is 5. The van der Waals surface area contributed by atoms with Crippen LogP contribution in [0.5, 0.6) is 0 Å². The van der Waals surface area contributed by atoms with E-state index in [0.29, 0.717) is 0 Å². The Kier molecular flexibility index (Phi) is 5.20. The van der Waals surface area contributed by atoms with Gasteiger partial charge in [0, 0.05) is 13.7 Å². The fraction of sp³-hybridized carbons (Fsp3) is 0.600. The maximum Gasteiger partial charge on any atom is 0.328 e. The van der Waals surface area contributed by atoms with Gasteiger partial charge >= 0.3 is 5.69 Å². The third kappa shape index (κ3) is 3.49. The van der Waals surface area contributed by atoms with Crippen LogP contribution in [0.3, 0.4) is 0 Å². The van der Waals surface area contributed by atoms with Gasteiger partial charge in [-0.25, -0.2) is 4.79 Å². The lowest BCUT2D eigenvalue weighted by Gasteiger charge is -2.19. The van der Waals surface area contributed by atoms with Gasteiger partial charge in [0.05, 0.1) is 18.9 Å². The van der Waals surface area contributed by atoms with Gasteiger partial charge in [-0.15, -0.1) is 0 Å². The number of methoxy groups -OCH3 is 1. The number of nitrogens with zero attached hydrogens (tertiary/aromatic N) is 1. The van der Waals surface area contributed by atoms with Gasteiger partial charge in [0.1, 0.15) is 6.10 Å². The van der Waals surface area contributed by atoms with E-state index in [1.165, 1.54) is 7.11 Å². The molecule has 2 atom stereocenters. The third-order valence-corrected chi connectivity index (χ3v) is 2.55. The van der Waals surface area contributed by atoms with Crippen molar-refractivity contribution in [3.63, 3.8) is 0 Å². The average molecular weight is 262 g/mol. The molecule has 0 saturated carbocycles. The lowest BCUT2D eigenvalue weighted by atomic mass is 10.1. The number of halogens is 1. The zero-order valence-electron chi connectivity index (χ0n) is 9.80. The zero-order valence-corrected chi connectivity index (χ0v) is 9.80. The predicted octanol–water partition coefficient (Wildman–Crippen LogP) is -1.57. The molecule has 0 fully saturated rings. The molecule has 1 rings (SSSR count). The molecule has 18 heavy (non-hydrogen) atoms. The van der Waals surface area contributed by atoms with Gasteiger partial charge in [-0.1, -0.05) is 0 Å². The molecule has 3 N–H and O–H groups in total. The highest BCUT2D eigenvalue weighted by Crippen LogP contribution is 2.03. The summed E-state index contributed by atoms with van der Waals surface area (Å²) in [6, 6.07) is 0. The molecule has 0 radical (unpaired) electrons. The van der Waals surface area contributed by atoms with E-state index in [1.54, 1.807) is 4.98 Å². The lowest BCUT2D eigenvalue weighted by Crippen LogP contribution is -2.35. The summed E-state index contributed by atoms with van der Waals surface area (Å²) in [6.07, 6.45) is -0.922. The first-order chi connectivity index (χ1) is 8.49. The Morgan fingerprint density at radius 1 is 1.56 bits per heavy atom. The summed E-state index contributed by atoms with van der Waals surface area (Å²) in [4.78, 5) is 23.9. The highest BCUT2D eigenvalue weighted by atomic mass is 19.1. The van der Waals surface area contributed by atoms with Crippen molar-refractivity contribution < 1.29 is 19.3 Å². The Hall–Kier alpha value is -1.51. The highest BCUT2D eigenvalue weighted by Gasteiger charge is 2.17. The molecular formula is C10H15FN2O5. The molecule has 1 aromatic rings. The second kappa shape index (κ2) is 6.43. The predicted molar refractivity (Wildman–Crippen MR) is 59.8 cm³/mol. The minimum absolute atomic E-state index is 0.00639. The monoisotopic (exact) mass is 262 g/mol. The molecule has 0 saturated heterocycles. The second-order valence-electron chi connectivity index (χ2n) is 3.74. The van der Waals surface area contributed by atoms with Gasteiger partial charge in [-0.05, 0) is 6.42 Å². The van der Waals surface area contributed by atoms with Crippen LogP contribution >= 0.6 is 0 Å². The van der Waals surface area contributed by atoms with Crippen molar-refractivity contribution in [2.75, 3.05) is 13.7 Å². The van der Waals surface area contributed by atoms with Crippen molar-refractivity contribution in [2.24, 2.45) is 0 Å². The van der Waals surface area contributed by atoms with E-state index in [-0.39, 0.29) is 19.6 Å². The van der Waals surface area contributed by atoms with Crippen molar-refractivity contribution >= 4 is 0 Å². The summed E-state index contributed by atoms with van der Waals surface area (Å²) in [6.45, 7) is -0.375. The average Bonchev–Trinajstić information content (AvgIpc) is 2.33. The summed E-state index contributed by atoms with van der Waals surface area (Å²) >= 11 is 0. The first-order valence-electron chi connectivity index (χ1n) is 5.30. The van der Waals surface area contributed by atoms with E-state index >= 15 is 0 Å². The van der Waals surface area contributed by atoms with Crippen molar-refractivity contribution in [1.82, 2.24) is 9.55 Å². The van der Waals surface area contributed by atoms with E-state index in [2.05, 4.69) is 0 Å². The number of aliphatic hydroxyl groups excluding tert-OH is 2. The molecule has 0 aromatic carbocycles. The van der Waals surface area contributed by atoms with Crippen LogP contribution in [0.2, 0.25) is 0 Å². The van der Waals surface area contributed by atoms with Gasteiger partial charge in [0.15, 0.2) is 0 Å². The summed E-state index contributed by atoms with van der Waals surface area (Å²) in [5, 5.41) is 18.5. The molecule has 0 bridgehead atoms. The Morgan fingerprint density at radius 3 is 2.78 bits per heavy atom. The largest absolute Gasteiger partial charge is 0.394 e. The van der Waals surface area contributed by atoms with E-state index < -0.39 is 29.3 Å². The van der Waals surface area contributed by atoms with Crippen LogP contribution in [0.1, 0.15) is 6.42 Å². The number of rotatable bonds is 6. The maximum absolute atomic E-state index is 12.9. The zero-order chi connectivity index (χ0) is 13.7. The lowest BCUT2D eigenvalue weighted by molar-refractivity contribution is -0.0453. The Bertz CT molecular complexity index is 494. The fourth-order valence-electron chi connectivity index (χ4n) is 1.46. The van der Waals surface area contributed by atoms with Crippen LogP contribution in [-0.2, 0) is 11.3 Å². The molecule has 1 heterocycles. The van der Waals surface area contributed by atoms with Crippen LogP contribution in [-0.4, -0.2) is 45.7 Å². The SMILES string of the molecule is CO[C@H](CO)[C@H](O)CCn1cc(F)c(=O)[nH]c1=O. The van der Waals surface area contributed by atoms with Crippen LogP contribution in [0.15, 0.2) is 15.8 Å². The standard InChI is InChI=1S/C10H15FN2O5/c1-18-8(5-14)7(15)2-3-13-4-6(11)9(16)12-10(13)17/h4,7-8,14-15H,2-3,5H2,1H3,(H,12,16,17)/t7-,8-/m1/s1. The fourth-order valence-corrected chi connectivity index (χ4v) is 1.46. The van der Waals surface area contributed by atoms with E-state index in [1.807, 2.05) is 0 Å². The number of aromatic amines is 1. The smallest absolute Gasteiger partial charge is 0.328 e. The molecule has 0 unspecified atom stereocenters. The number of aliphatic hydroxyl groups is 2. The van der Waals surface area contributed by atoms with Crippen LogP contribution < -0.4 is 11.2 Å². The normalized spacial score (nSPS) is 14.4. The van der Waals surface area contributed by atoms with E-state index in [9.17, 15) is 19.1 Å². The minimum atomic E-state index is -1.08. The summed E-state index contributed by atoms with van der Waals surface area (Å²) < 4.78 is 18.7. The molecule has 0 aliphatic heterocycles. The number of nitrogens with one attached hydrogen (secondary N) is 1. The first kappa shape index (κ1) is 14.6. The van der Waals surface area contributed by atoms with Crippen LogP contribution in [0, 0.1) is 5.82 Å². The second-order valence-corrected chi connectivity index (χ2v) is 3.74. The molecule has 0 aliphatic rings. The number of hydrogen-bond donors (Lipinski definition) is 3. The minimum Gasteiger partial charge on any atom is -0.394 e. The summed E-state index contributed by atoms with van der Waals surface area (Å²) in [7, 11) is 1.33. The molecule has 8 heteroatoms. The number of aromatic nitrogens is 2. The Morgan fingerprint density at radius 2 is 2.22 bits per heavy atom. The maximum atomic E-state index is 12.9. The molecule has 0 amide bonds. The van der Waals surface area contributed by atoms with Crippen molar-refractivity contribution in [1.29, 1.82) is 0 Å². The van der Waals surface area contributed by atoms with Crippen molar-refractivity contribution in [2.45, 2.75) is 25.2 Å². The number of ether oxygens (including phenoxy) is 1. The molecule has 7 nitrogen and oxygen atoms in total. The molecular weight excluding hydrogens is 247 g/mol. The summed E-state index contributed by atoms with van der Waals surface area (Å²) in [5.41, 5.74) is -1.84. The van der Waals surface area contributed by atoms with Gasteiger partial charge in [-0.2, -0.15) is 4.39 Å². The summed E-state index contributed by atoms with van der Waals surface area (Å²) in [5.74, 6) is -1.07. The number of aryl methyl sites for hydroxylation is 1. The van der Waals surface area contributed by atoms with Crippen molar-refractivity contribution in [3.05, 3.63) is 32.9 Å². The van der Waals surface area contributed by atoms with Crippen LogP contribution in [0.4, 0.5) is 4.39 Å². The highest BCUT2D eigenvalue weighted by molar-refractivity contribution is 4.87. The quantitative estimate of drug-likeness (QED) is 0.575. The third-order valence-electron chi connectivity index (χ3n) is 2.55. The Labute approximate surface area is 101 Å². The molecule has 0 spiro atoms. The van der Waals surface area contributed by atoms with Gasteiger partial charge in [0.2, 0.25) is 5.82 Å². The molecule has 0 aliphatic carbocycles. The van der Waals surface area contributed by atoms with Gasteiger partial charge in [0.25, 0.3) is 5.56 Å². The molecule has 1 aromatic heterocycles. The number of H-pyrrole nitrogens is 1. The van der Waals surface area contributed by atoms with Gasteiger partial charge < -0.3 is 14.9 Å². The van der Waals surface area contributed by atoms with Crippen LogP contribution in [0.25, 0.3) is 0 Å². The topological polar surface area (TPSA) is 105 Å². The van der Waals surface area contributed by atoms with E-state index in [0.717, 1.165) is 10.8 Å². The van der Waals surface area contributed by atoms with Crippen molar-refractivity contribution in [3.8, 4) is 0 Å². The Balaban J connectivity index is 2.72. The van der Waals surface area contributed by atoms with Gasteiger partial charge in [-0.3, -0.25) is 14.3 Å².